The minimum atomic E-state index is -0.337. The lowest BCUT2D eigenvalue weighted by atomic mass is 9.83. The van der Waals surface area contributed by atoms with E-state index in [1.807, 2.05) is 20.8 Å². The second-order valence-corrected chi connectivity index (χ2v) is 5.21. The molecule has 1 rings (SSSR count). The van der Waals surface area contributed by atoms with Crippen molar-refractivity contribution in [3.8, 4) is 0 Å². The average Bonchev–Trinajstić information content (AvgIpc) is 2.51. The molecule has 0 aliphatic rings. The smallest absolute Gasteiger partial charge is 0.319 e. The van der Waals surface area contributed by atoms with Crippen LogP contribution in [0.3, 0.4) is 0 Å². The summed E-state index contributed by atoms with van der Waals surface area (Å²) in [6.07, 6.45) is 3.20. The van der Waals surface area contributed by atoms with Crippen molar-refractivity contribution in [2.45, 2.75) is 40.2 Å². The van der Waals surface area contributed by atoms with Crippen LogP contribution in [0.1, 0.15) is 33.6 Å². The fourth-order valence-corrected chi connectivity index (χ4v) is 2.07. The minimum Gasteiger partial charge on any atom is -0.396 e. The Hall–Kier alpha value is -1.82. The number of aliphatic hydroxyl groups is 1. The number of pyridine rings is 1. The Balaban J connectivity index is 2.64. The van der Waals surface area contributed by atoms with Gasteiger partial charge in [-0.1, -0.05) is 13.8 Å². The number of carbonyl (C=O) groups is 1. The van der Waals surface area contributed by atoms with E-state index < -0.39 is 0 Å². The highest BCUT2D eigenvalue weighted by Gasteiger charge is 2.25. The molecule has 118 valence electrons. The summed E-state index contributed by atoms with van der Waals surface area (Å²) in [4.78, 5) is 23.4. The first-order valence-electron chi connectivity index (χ1n) is 7.36. The number of aromatic nitrogens is 1. The second-order valence-electron chi connectivity index (χ2n) is 5.21. The van der Waals surface area contributed by atoms with Gasteiger partial charge < -0.3 is 20.3 Å². The topological polar surface area (TPSA) is 83.4 Å². The molecule has 1 heterocycles. The zero-order valence-electron chi connectivity index (χ0n) is 13.0. The van der Waals surface area contributed by atoms with E-state index >= 15 is 0 Å². The summed E-state index contributed by atoms with van der Waals surface area (Å²) >= 11 is 0. The van der Waals surface area contributed by atoms with Crippen molar-refractivity contribution in [3.05, 3.63) is 28.7 Å². The third-order valence-electron chi connectivity index (χ3n) is 4.04. The second kappa shape index (κ2) is 7.83. The number of nitrogens with one attached hydrogen (secondary N) is 2. The summed E-state index contributed by atoms with van der Waals surface area (Å²) in [5.74, 6) is 0. The highest BCUT2D eigenvalue weighted by molar-refractivity contribution is 5.88. The van der Waals surface area contributed by atoms with Crippen LogP contribution in [0.2, 0.25) is 0 Å². The molecule has 0 atom stereocenters. The van der Waals surface area contributed by atoms with Gasteiger partial charge in [-0.2, -0.15) is 0 Å². The number of aliphatic hydroxyl groups excluding tert-OH is 1. The van der Waals surface area contributed by atoms with E-state index in [9.17, 15) is 14.7 Å². The summed E-state index contributed by atoms with van der Waals surface area (Å²) in [5, 5.41) is 14.9. The zero-order valence-corrected chi connectivity index (χ0v) is 13.0. The van der Waals surface area contributed by atoms with Crippen LogP contribution in [0, 0.1) is 5.41 Å². The average molecular weight is 295 g/mol. The van der Waals surface area contributed by atoms with Crippen LogP contribution in [-0.4, -0.2) is 28.9 Å². The standard InChI is InChI=1S/C15H25N3O3/c1-4-15(5-2,11-19)10-16-14(21)17-12-7-8-13(20)18(6-3)9-12/h7-9,19H,4-6,10-11H2,1-3H3,(H2,16,17,21). The number of hydrogen-bond acceptors (Lipinski definition) is 3. The first-order valence-corrected chi connectivity index (χ1v) is 7.36. The highest BCUT2D eigenvalue weighted by atomic mass is 16.3. The van der Waals surface area contributed by atoms with Crippen LogP contribution in [0.15, 0.2) is 23.1 Å². The minimum absolute atomic E-state index is 0.0427. The summed E-state index contributed by atoms with van der Waals surface area (Å²) in [7, 11) is 0. The van der Waals surface area contributed by atoms with Crippen molar-refractivity contribution in [1.29, 1.82) is 0 Å². The van der Waals surface area contributed by atoms with Crippen molar-refractivity contribution in [2.75, 3.05) is 18.5 Å². The third-order valence-corrected chi connectivity index (χ3v) is 4.04. The molecule has 0 bridgehead atoms. The number of rotatable bonds is 7. The molecule has 2 amide bonds. The van der Waals surface area contributed by atoms with Gasteiger partial charge in [0.15, 0.2) is 0 Å². The fourth-order valence-electron chi connectivity index (χ4n) is 2.07. The first-order chi connectivity index (χ1) is 10.00. The highest BCUT2D eigenvalue weighted by Crippen LogP contribution is 2.24. The van der Waals surface area contributed by atoms with Gasteiger partial charge in [-0.25, -0.2) is 4.79 Å². The van der Waals surface area contributed by atoms with E-state index in [-0.39, 0.29) is 23.6 Å². The number of hydrogen-bond donors (Lipinski definition) is 3. The predicted octanol–water partition coefficient (Wildman–Crippen LogP) is 1.79. The molecule has 21 heavy (non-hydrogen) atoms. The SMILES string of the molecule is CCn1cc(NC(=O)NCC(CC)(CC)CO)ccc1=O. The van der Waals surface area contributed by atoms with Crippen molar-refractivity contribution in [1.82, 2.24) is 9.88 Å². The molecule has 0 aromatic carbocycles. The fraction of sp³-hybridized carbons (Fsp3) is 0.600. The lowest BCUT2D eigenvalue weighted by Gasteiger charge is -2.29. The van der Waals surface area contributed by atoms with Crippen LogP contribution < -0.4 is 16.2 Å². The molecule has 6 nitrogen and oxygen atoms in total. The van der Waals surface area contributed by atoms with Gasteiger partial charge in [0, 0.05) is 30.8 Å². The van der Waals surface area contributed by atoms with E-state index in [1.54, 1.807) is 12.3 Å². The molecule has 1 aromatic heterocycles. The monoisotopic (exact) mass is 295 g/mol. The van der Waals surface area contributed by atoms with Gasteiger partial charge in [0.25, 0.3) is 5.56 Å². The molecular weight excluding hydrogens is 270 g/mol. The molecule has 0 aliphatic carbocycles. The molecule has 6 heteroatoms. The van der Waals surface area contributed by atoms with E-state index in [2.05, 4.69) is 10.6 Å². The maximum atomic E-state index is 11.9. The Morgan fingerprint density at radius 2 is 1.95 bits per heavy atom. The van der Waals surface area contributed by atoms with Gasteiger partial charge >= 0.3 is 6.03 Å². The van der Waals surface area contributed by atoms with Gasteiger partial charge in [0.05, 0.1) is 12.3 Å². The number of urea groups is 1. The van der Waals surface area contributed by atoms with Gasteiger partial charge in [-0.15, -0.1) is 0 Å². The Bertz CT molecular complexity index is 513. The zero-order chi connectivity index (χ0) is 15.9. The molecular formula is C15H25N3O3. The predicted molar refractivity (Wildman–Crippen MR) is 83.5 cm³/mol. The summed E-state index contributed by atoms with van der Waals surface area (Å²) in [6.45, 7) is 6.86. The van der Waals surface area contributed by atoms with E-state index in [1.165, 1.54) is 10.6 Å². The van der Waals surface area contributed by atoms with E-state index in [4.69, 9.17) is 0 Å². The van der Waals surface area contributed by atoms with Crippen LogP contribution in [-0.2, 0) is 6.54 Å². The molecule has 0 saturated heterocycles. The van der Waals surface area contributed by atoms with Crippen LogP contribution in [0.5, 0.6) is 0 Å². The quantitative estimate of drug-likeness (QED) is 0.717. The van der Waals surface area contributed by atoms with Crippen molar-refractivity contribution < 1.29 is 9.90 Å². The molecule has 0 spiro atoms. The summed E-state index contributed by atoms with van der Waals surface area (Å²) < 4.78 is 1.52. The van der Waals surface area contributed by atoms with E-state index in [0.717, 1.165) is 12.8 Å². The number of nitrogens with zero attached hydrogens (tertiary/aromatic N) is 1. The van der Waals surface area contributed by atoms with Crippen LogP contribution in [0.4, 0.5) is 10.5 Å². The largest absolute Gasteiger partial charge is 0.396 e. The van der Waals surface area contributed by atoms with Crippen molar-refractivity contribution in [3.63, 3.8) is 0 Å². The first kappa shape index (κ1) is 17.2. The van der Waals surface area contributed by atoms with E-state index in [0.29, 0.717) is 18.8 Å². The lowest BCUT2D eigenvalue weighted by Crippen LogP contribution is -2.41. The number of anilines is 1. The Morgan fingerprint density at radius 3 is 2.48 bits per heavy atom. The lowest BCUT2D eigenvalue weighted by molar-refractivity contribution is 0.116. The van der Waals surface area contributed by atoms with Gasteiger partial charge in [0.2, 0.25) is 0 Å². The van der Waals surface area contributed by atoms with Gasteiger partial charge in [0.1, 0.15) is 0 Å². The number of aryl methyl sites for hydroxylation is 1. The van der Waals surface area contributed by atoms with Gasteiger partial charge in [-0.05, 0) is 25.8 Å². The number of carbonyl (C=O) groups excluding carboxylic acids is 1. The molecule has 0 fully saturated rings. The van der Waals surface area contributed by atoms with Crippen molar-refractivity contribution >= 4 is 11.7 Å². The Kier molecular flexibility index (Phi) is 6.42. The van der Waals surface area contributed by atoms with Crippen LogP contribution in [0.25, 0.3) is 0 Å². The molecule has 1 aromatic rings. The molecule has 0 saturated carbocycles. The maximum absolute atomic E-state index is 11.9. The summed E-state index contributed by atoms with van der Waals surface area (Å²) in [6, 6.07) is 2.67. The summed E-state index contributed by atoms with van der Waals surface area (Å²) in [5.41, 5.74) is 0.191. The van der Waals surface area contributed by atoms with Crippen molar-refractivity contribution in [2.24, 2.45) is 5.41 Å². The molecule has 0 radical (unpaired) electrons. The molecule has 3 N–H and O–H groups in total. The molecule has 0 unspecified atom stereocenters. The normalized spacial score (nSPS) is 11.2. The van der Waals surface area contributed by atoms with Crippen LogP contribution >= 0.6 is 0 Å². The Morgan fingerprint density at radius 1 is 1.29 bits per heavy atom. The maximum Gasteiger partial charge on any atom is 0.319 e. The van der Waals surface area contributed by atoms with Gasteiger partial charge in [-0.3, -0.25) is 4.79 Å². The third kappa shape index (κ3) is 4.60. The molecule has 0 aliphatic heterocycles. The number of amides is 2. The Labute approximate surface area is 125 Å².